The third-order valence-electron chi connectivity index (χ3n) is 4.20. The van der Waals surface area contributed by atoms with Gasteiger partial charge in [0.2, 0.25) is 5.75 Å². The van der Waals surface area contributed by atoms with Crippen LogP contribution < -0.4 is 18.9 Å². The van der Waals surface area contributed by atoms with Crippen molar-refractivity contribution in [1.82, 2.24) is 0 Å². The molecular weight excluding hydrogens is 376 g/mol. The first-order valence-electron chi connectivity index (χ1n) is 9.81. The minimum Gasteiger partial charge on any atom is -0.487 e. The van der Waals surface area contributed by atoms with Crippen LogP contribution in [0, 0.1) is 0 Å². The van der Waals surface area contributed by atoms with Crippen molar-refractivity contribution in [2.24, 2.45) is 0 Å². The van der Waals surface area contributed by atoms with Crippen LogP contribution in [0.15, 0.2) is 103 Å². The summed E-state index contributed by atoms with van der Waals surface area (Å²) in [5.41, 5.74) is 0. The highest BCUT2D eigenvalue weighted by molar-refractivity contribution is 5.58. The number of hydrogen-bond acceptors (Lipinski definition) is 4. The van der Waals surface area contributed by atoms with Crippen molar-refractivity contribution in [2.75, 3.05) is 6.61 Å². The number of ether oxygens (including phenoxy) is 4. The Morgan fingerprint density at radius 3 is 1.30 bits per heavy atom. The number of benzene rings is 4. The minimum atomic E-state index is 0.467. The monoisotopic (exact) mass is 398 g/mol. The van der Waals surface area contributed by atoms with Gasteiger partial charge in [-0.25, -0.2) is 0 Å². The van der Waals surface area contributed by atoms with E-state index in [2.05, 4.69) is 0 Å². The smallest absolute Gasteiger partial charge is 0.205 e. The van der Waals surface area contributed by atoms with Gasteiger partial charge in [-0.3, -0.25) is 0 Å². The Morgan fingerprint density at radius 1 is 0.500 bits per heavy atom. The zero-order valence-electron chi connectivity index (χ0n) is 16.7. The van der Waals surface area contributed by atoms with Crippen LogP contribution in [0.3, 0.4) is 0 Å². The van der Waals surface area contributed by atoms with Gasteiger partial charge in [-0.15, -0.1) is 0 Å². The first-order chi connectivity index (χ1) is 14.8. The van der Waals surface area contributed by atoms with Gasteiger partial charge in [0.15, 0.2) is 11.5 Å². The van der Waals surface area contributed by atoms with Crippen molar-refractivity contribution in [3.05, 3.63) is 103 Å². The molecule has 0 spiro atoms. The molecule has 4 nitrogen and oxygen atoms in total. The minimum absolute atomic E-state index is 0.467. The standard InChI is InChI=1S/C26H22O4/c1-2-27-26-24(29-21-14-8-4-9-15-21)18-23(28-20-12-6-3-7-13-20)19-25(26)30-22-16-10-5-11-17-22/h3-19H,2H2,1H3. The van der Waals surface area contributed by atoms with Crippen LogP contribution in [0.2, 0.25) is 0 Å². The van der Waals surface area contributed by atoms with Crippen LogP contribution >= 0.6 is 0 Å². The number of para-hydroxylation sites is 3. The van der Waals surface area contributed by atoms with Crippen LogP contribution in [0.25, 0.3) is 0 Å². The molecule has 150 valence electrons. The van der Waals surface area contributed by atoms with Gasteiger partial charge in [0.1, 0.15) is 23.0 Å². The lowest BCUT2D eigenvalue weighted by Gasteiger charge is -2.18. The topological polar surface area (TPSA) is 36.9 Å². The van der Waals surface area contributed by atoms with Gasteiger partial charge in [0.25, 0.3) is 0 Å². The average Bonchev–Trinajstić information content (AvgIpc) is 2.78. The third kappa shape index (κ3) is 4.92. The zero-order chi connectivity index (χ0) is 20.6. The van der Waals surface area contributed by atoms with Crippen LogP contribution in [-0.2, 0) is 0 Å². The fourth-order valence-corrected chi connectivity index (χ4v) is 2.91. The van der Waals surface area contributed by atoms with Gasteiger partial charge in [-0.1, -0.05) is 54.6 Å². The molecule has 4 rings (SSSR count). The second-order valence-corrected chi connectivity index (χ2v) is 6.43. The van der Waals surface area contributed by atoms with Gasteiger partial charge < -0.3 is 18.9 Å². The van der Waals surface area contributed by atoms with Gasteiger partial charge in [0.05, 0.1) is 6.61 Å². The van der Waals surface area contributed by atoms with Crippen LogP contribution in [0.5, 0.6) is 40.2 Å². The molecule has 0 radical (unpaired) electrons. The Balaban J connectivity index is 1.76. The number of rotatable bonds is 8. The molecule has 30 heavy (non-hydrogen) atoms. The summed E-state index contributed by atoms with van der Waals surface area (Å²) in [6.07, 6.45) is 0. The molecule has 0 aliphatic heterocycles. The van der Waals surface area contributed by atoms with E-state index < -0.39 is 0 Å². The summed E-state index contributed by atoms with van der Waals surface area (Å²) in [4.78, 5) is 0. The predicted octanol–water partition coefficient (Wildman–Crippen LogP) is 7.46. The molecule has 4 heteroatoms. The Kier molecular flexibility index (Phi) is 6.16. The molecule has 0 fully saturated rings. The first kappa shape index (κ1) is 19.4. The van der Waals surface area contributed by atoms with Gasteiger partial charge in [-0.05, 0) is 43.3 Å². The summed E-state index contributed by atoms with van der Waals surface area (Å²) in [5.74, 6) is 4.25. The summed E-state index contributed by atoms with van der Waals surface area (Å²) >= 11 is 0. The zero-order valence-corrected chi connectivity index (χ0v) is 16.7. The quantitative estimate of drug-likeness (QED) is 0.309. The highest BCUT2D eigenvalue weighted by atomic mass is 16.5. The van der Waals surface area contributed by atoms with Crippen molar-refractivity contribution in [3.63, 3.8) is 0 Å². The van der Waals surface area contributed by atoms with Crippen LogP contribution in [0.4, 0.5) is 0 Å². The SMILES string of the molecule is CCOc1c(Oc2ccccc2)cc(Oc2ccccc2)cc1Oc1ccccc1. The molecule has 0 saturated carbocycles. The molecule has 0 atom stereocenters. The molecule has 0 bridgehead atoms. The van der Waals surface area contributed by atoms with E-state index in [0.717, 1.165) is 5.75 Å². The molecule has 0 heterocycles. The molecule has 0 aliphatic carbocycles. The maximum absolute atomic E-state index is 6.13. The van der Waals surface area contributed by atoms with Crippen LogP contribution in [0.1, 0.15) is 6.92 Å². The van der Waals surface area contributed by atoms with Crippen molar-refractivity contribution >= 4 is 0 Å². The fraction of sp³-hybridized carbons (Fsp3) is 0.0769. The molecule has 0 N–H and O–H groups in total. The molecular formula is C26H22O4. The van der Waals surface area contributed by atoms with E-state index in [1.165, 1.54) is 0 Å². The molecule has 0 amide bonds. The summed E-state index contributed by atoms with van der Waals surface area (Å²) in [6.45, 7) is 2.39. The van der Waals surface area contributed by atoms with Crippen molar-refractivity contribution in [2.45, 2.75) is 6.92 Å². The largest absolute Gasteiger partial charge is 0.487 e. The van der Waals surface area contributed by atoms with E-state index in [4.69, 9.17) is 18.9 Å². The van der Waals surface area contributed by atoms with Gasteiger partial charge >= 0.3 is 0 Å². The van der Waals surface area contributed by atoms with Crippen molar-refractivity contribution in [3.8, 4) is 40.2 Å². The molecule has 0 unspecified atom stereocenters. The average molecular weight is 398 g/mol. The summed E-state index contributed by atoms with van der Waals surface area (Å²) in [5, 5.41) is 0. The highest BCUT2D eigenvalue weighted by Gasteiger charge is 2.18. The molecule has 0 aliphatic rings. The van der Waals surface area contributed by atoms with E-state index in [1.54, 1.807) is 0 Å². The third-order valence-corrected chi connectivity index (χ3v) is 4.20. The Morgan fingerprint density at radius 2 is 0.900 bits per heavy atom. The highest BCUT2D eigenvalue weighted by Crippen LogP contribution is 2.45. The van der Waals surface area contributed by atoms with Crippen LogP contribution in [-0.4, -0.2) is 6.61 Å². The molecule has 4 aromatic rings. The first-order valence-corrected chi connectivity index (χ1v) is 9.81. The van der Waals surface area contributed by atoms with Gasteiger partial charge in [-0.2, -0.15) is 0 Å². The maximum atomic E-state index is 6.13. The summed E-state index contributed by atoms with van der Waals surface area (Å²) in [6, 6.07) is 32.3. The van der Waals surface area contributed by atoms with E-state index >= 15 is 0 Å². The van der Waals surface area contributed by atoms with E-state index in [1.807, 2.05) is 110 Å². The fourth-order valence-electron chi connectivity index (χ4n) is 2.91. The lowest BCUT2D eigenvalue weighted by molar-refractivity contribution is 0.302. The molecule has 0 aromatic heterocycles. The van der Waals surface area contributed by atoms with Crippen molar-refractivity contribution in [1.29, 1.82) is 0 Å². The molecule has 4 aromatic carbocycles. The second-order valence-electron chi connectivity index (χ2n) is 6.43. The van der Waals surface area contributed by atoms with E-state index in [-0.39, 0.29) is 0 Å². The maximum Gasteiger partial charge on any atom is 0.205 e. The normalized spacial score (nSPS) is 10.3. The van der Waals surface area contributed by atoms with Gasteiger partial charge in [0, 0.05) is 12.1 Å². The molecule has 0 saturated heterocycles. The Hall–Kier alpha value is -3.92. The summed E-state index contributed by atoms with van der Waals surface area (Å²) in [7, 11) is 0. The lowest BCUT2D eigenvalue weighted by atomic mass is 10.2. The Bertz CT molecular complexity index is 1000. The van der Waals surface area contributed by atoms with Crippen molar-refractivity contribution < 1.29 is 18.9 Å². The van der Waals surface area contributed by atoms with E-state index in [0.29, 0.717) is 41.1 Å². The number of hydrogen-bond donors (Lipinski definition) is 0. The Labute approximate surface area is 176 Å². The lowest BCUT2D eigenvalue weighted by Crippen LogP contribution is -1.99. The second kappa shape index (κ2) is 9.52. The van der Waals surface area contributed by atoms with E-state index in [9.17, 15) is 0 Å². The predicted molar refractivity (Wildman–Crippen MR) is 117 cm³/mol. The summed E-state index contributed by atoms with van der Waals surface area (Å²) < 4.78 is 24.2.